The number of nitrogens with zero attached hydrogens (tertiary/aromatic N) is 11. The maximum absolute atomic E-state index is 13.3. The number of aryl methyl sites for hydroxylation is 2. The smallest absolute Gasteiger partial charge is 0.356 e. The van der Waals surface area contributed by atoms with Gasteiger partial charge < -0.3 is 38.9 Å². The number of carbonyl (C=O) groups excluding carboxylic acids is 3. The van der Waals surface area contributed by atoms with Gasteiger partial charge in [0, 0.05) is 72.1 Å². The van der Waals surface area contributed by atoms with Crippen molar-refractivity contribution in [2.45, 2.75) is 103 Å². The monoisotopic (exact) mass is 1290 g/mol. The van der Waals surface area contributed by atoms with E-state index in [0.717, 1.165) is 43.9 Å². The Labute approximate surface area is 514 Å². The molecule has 6 aromatic rings. The van der Waals surface area contributed by atoms with E-state index in [0.29, 0.717) is 61.6 Å². The molecule has 0 spiro atoms. The number of aromatic nitrogens is 6. The Balaban J connectivity index is 0.000000161. The standard InChI is InChI=1S/C22H25F3N4O3.C21H22ClF3N4O3.C17H17F3N4O2/c1-15-12-26-29(19-8-4-5-11-32-19)21(31)20(15)28-10-9-27(18(30)14-28)13-16-6-2-3-7-17(16)22(23,24)25;22-16-11-26-29(18-7-3-4-10-32-18)20(31)19(16)28-9-8-27(17(30)13-28)12-14-5-1-2-6-15(14)21(23,24)25;1-11-8-21-22-16(26)15(11)24-7-6-23(14(25)10-24)9-12-4-2-3-5-13(12)17(18,19)20/h2-3,6-7,12,19H,4-5,8-11,13-14H2,1H3;1-2,5-6,11,18H,3-4,7-10,12-13H2;2-5,8H,6-7,9-10H2,1H3,(H,22,26). The third-order valence-corrected chi connectivity index (χ3v) is 16.2. The first-order chi connectivity index (χ1) is 42.8. The highest BCUT2D eigenvalue weighted by molar-refractivity contribution is 6.33. The summed E-state index contributed by atoms with van der Waals surface area (Å²) in [5, 5.41) is 14.5. The molecule has 90 heavy (non-hydrogen) atoms. The van der Waals surface area contributed by atoms with Crippen molar-refractivity contribution in [1.29, 1.82) is 0 Å². The molecule has 2 unspecified atom stereocenters. The second-order valence-corrected chi connectivity index (χ2v) is 22.5. The topological polar surface area (TPSA) is 205 Å². The highest BCUT2D eigenvalue weighted by atomic mass is 35.5. The Kier molecular flexibility index (Phi) is 20.8. The second kappa shape index (κ2) is 28.2. The van der Waals surface area contributed by atoms with Crippen LogP contribution in [0.5, 0.6) is 0 Å². The minimum atomic E-state index is -4.50. The van der Waals surface area contributed by atoms with Gasteiger partial charge in [0.1, 0.15) is 17.1 Å². The number of aromatic amines is 1. The maximum atomic E-state index is 13.3. The van der Waals surface area contributed by atoms with Crippen LogP contribution in [0.4, 0.5) is 56.6 Å². The van der Waals surface area contributed by atoms with E-state index in [-0.39, 0.29) is 116 Å². The molecule has 3 amide bonds. The minimum absolute atomic E-state index is 0.0283. The first-order valence-corrected chi connectivity index (χ1v) is 29.3. The predicted molar refractivity (Wildman–Crippen MR) is 311 cm³/mol. The third kappa shape index (κ3) is 15.6. The summed E-state index contributed by atoms with van der Waals surface area (Å²) in [4.78, 5) is 85.2. The van der Waals surface area contributed by atoms with Crippen molar-refractivity contribution in [2.75, 3.05) is 86.8 Å². The summed E-state index contributed by atoms with van der Waals surface area (Å²) in [6, 6.07) is 15.7. The van der Waals surface area contributed by atoms with E-state index in [2.05, 4.69) is 20.4 Å². The number of nitrogens with one attached hydrogen (secondary N) is 1. The Morgan fingerprint density at radius 2 is 0.856 bits per heavy atom. The number of hydrogen-bond donors (Lipinski definition) is 1. The number of carbonyl (C=O) groups is 3. The summed E-state index contributed by atoms with van der Waals surface area (Å²) in [7, 11) is 0. The number of piperazine rings is 3. The molecule has 20 nitrogen and oxygen atoms in total. The average molecular weight is 1290 g/mol. The largest absolute Gasteiger partial charge is 0.416 e. The number of benzene rings is 3. The zero-order valence-electron chi connectivity index (χ0n) is 48.9. The van der Waals surface area contributed by atoms with Crippen LogP contribution in [0, 0.1) is 13.8 Å². The minimum Gasteiger partial charge on any atom is -0.356 e. The summed E-state index contributed by atoms with van der Waals surface area (Å²) in [6.07, 6.45) is -4.87. The normalized spacial score (nSPS) is 18.7. The number of H-pyrrole nitrogens is 1. The molecule has 0 bridgehead atoms. The fraction of sp³-hybridized carbons (Fsp3) is 0.450. The summed E-state index contributed by atoms with van der Waals surface area (Å²) in [5.41, 5.74) is -1.08. The number of anilines is 3. The van der Waals surface area contributed by atoms with Crippen LogP contribution in [-0.4, -0.2) is 134 Å². The van der Waals surface area contributed by atoms with E-state index in [9.17, 15) is 68.3 Å². The van der Waals surface area contributed by atoms with Crippen molar-refractivity contribution >= 4 is 46.4 Å². The van der Waals surface area contributed by atoms with Crippen molar-refractivity contribution < 1.29 is 63.4 Å². The van der Waals surface area contributed by atoms with Crippen LogP contribution in [-0.2, 0) is 62.0 Å². The van der Waals surface area contributed by atoms with E-state index < -0.39 is 58.8 Å². The Morgan fingerprint density at radius 1 is 0.489 bits per heavy atom. The SMILES string of the molecule is Cc1cn[nH]c(=O)c1N1CCN(Cc2ccccc2C(F)(F)F)C(=O)C1.Cc1cnn(C2CCCCO2)c(=O)c1N1CCN(Cc2ccccc2C(F)(F)F)C(=O)C1.O=C1CN(c2c(Cl)cnn(C3CCCCO3)c2=O)CCN1Cc1ccccc1C(F)(F)F. The average Bonchev–Trinajstić information content (AvgIpc) is 0.850. The third-order valence-electron chi connectivity index (χ3n) is 15.9. The van der Waals surface area contributed by atoms with Crippen molar-refractivity contribution in [1.82, 2.24) is 44.5 Å². The number of ether oxygens (including phenoxy) is 2. The maximum Gasteiger partial charge on any atom is 0.416 e. The molecule has 8 heterocycles. The first-order valence-electron chi connectivity index (χ1n) is 28.9. The quantitative estimate of drug-likeness (QED) is 0.121. The van der Waals surface area contributed by atoms with Crippen molar-refractivity contribution in [3.05, 3.63) is 172 Å². The van der Waals surface area contributed by atoms with Crippen LogP contribution in [0.2, 0.25) is 5.02 Å². The van der Waals surface area contributed by atoms with Gasteiger partial charge in [-0.05, 0) is 98.4 Å². The molecular weight excluding hydrogens is 1220 g/mol. The molecule has 3 aromatic carbocycles. The number of alkyl halides is 9. The summed E-state index contributed by atoms with van der Waals surface area (Å²) in [6.45, 7) is 5.40. The zero-order chi connectivity index (χ0) is 64.7. The van der Waals surface area contributed by atoms with Crippen LogP contribution < -0.4 is 31.4 Å². The van der Waals surface area contributed by atoms with E-state index >= 15 is 0 Å². The molecule has 5 aliphatic heterocycles. The molecule has 482 valence electrons. The molecule has 30 heteroatoms. The van der Waals surface area contributed by atoms with Gasteiger partial charge in [-0.1, -0.05) is 66.2 Å². The van der Waals surface area contributed by atoms with Crippen LogP contribution >= 0.6 is 11.6 Å². The Hall–Kier alpha value is -8.31. The van der Waals surface area contributed by atoms with Gasteiger partial charge in [0.15, 0.2) is 12.5 Å². The lowest BCUT2D eigenvalue weighted by Crippen LogP contribution is -2.52. The van der Waals surface area contributed by atoms with Crippen molar-refractivity contribution in [3.63, 3.8) is 0 Å². The van der Waals surface area contributed by atoms with Crippen molar-refractivity contribution in [2.24, 2.45) is 0 Å². The molecule has 0 radical (unpaired) electrons. The van der Waals surface area contributed by atoms with E-state index in [1.165, 1.54) is 91.1 Å². The molecule has 0 aliphatic carbocycles. The van der Waals surface area contributed by atoms with Crippen LogP contribution in [0.3, 0.4) is 0 Å². The fourth-order valence-electron chi connectivity index (χ4n) is 11.4. The molecule has 2 atom stereocenters. The summed E-state index contributed by atoms with van der Waals surface area (Å²) < 4.78 is 133. The lowest BCUT2D eigenvalue weighted by Gasteiger charge is -2.36. The molecule has 3 aromatic heterocycles. The Morgan fingerprint density at radius 3 is 1.23 bits per heavy atom. The highest BCUT2D eigenvalue weighted by Crippen LogP contribution is 2.36. The highest BCUT2D eigenvalue weighted by Gasteiger charge is 2.39. The molecule has 11 rings (SSSR count). The van der Waals surface area contributed by atoms with Gasteiger partial charge in [-0.2, -0.15) is 64.2 Å². The lowest BCUT2D eigenvalue weighted by molar-refractivity contribution is -0.140. The van der Waals surface area contributed by atoms with Gasteiger partial charge in [0.05, 0.1) is 59.9 Å². The van der Waals surface area contributed by atoms with Gasteiger partial charge in [-0.25, -0.2) is 5.10 Å². The molecule has 5 aliphatic rings. The van der Waals surface area contributed by atoms with Crippen molar-refractivity contribution in [3.8, 4) is 0 Å². The van der Waals surface area contributed by atoms with Gasteiger partial charge in [0.25, 0.3) is 16.7 Å². The number of rotatable bonds is 11. The molecule has 1 N–H and O–H groups in total. The van der Waals surface area contributed by atoms with E-state index in [1.54, 1.807) is 34.7 Å². The first kappa shape index (κ1) is 66.1. The lowest BCUT2D eigenvalue weighted by atomic mass is 10.1. The zero-order valence-corrected chi connectivity index (χ0v) is 49.7. The summed E-state index contributed by atoms with van der Waals surface area (Å²) >= 11 is 6.25. The summed E-state index contributed by atoms with van der Waals surface area (Å²) in [5.74, 6) is -1.05. The number of amides is 3. The predicted octanol–water partition coefficient (Wildman–Crippen LogP) is 8.53. The van der Waals surface area contributed by atoms with Gasteiger partial charge >= 0.3 is 18.5 Å². The van der Waals surface area contributed by atoms with Gasteiger partial charge in [0.2, 0.25) is 17.7 Å². The molecule has 5 fully saturated rings. The Bertz CT molecular complexity index is 3570. The molecule has 5 saturated heterocycles. The molecular formula is C60H64ClF9N12O8. The van der Waals surface area contributed by atoms with E-state index in [4.69, 9.17) is 21.1 Å². The number of hydrogen-bond acceptors (Lipinski definition) is 14. The van der Waals surface area contributed by atoms with Gasteiger partial charge in [-0.3, -0.25) is 28.8 Å². The second-order valence-electron chi connectivity index (χ2n) is 22.1. The molecule has 0 saturated carbocycles. The van der Waals surface area contributed by atoms with Crippen LogP contribution in [0.15, 0.2) is 106 Å². The van der Waals surface area contributed by atoms with Gasteiger partial charge in [-0.15, -0.1) is 0 Å². The van der Waals surface area contributed by atoms with Crippen LogP contribution in [0.1, 0.15) is 95.5 Å². The number of halogens is 10. The van der Waals surface area contributed by atoms with Crippen LogP contribution in [0.25, 0.3) is 0 Å². The fourth-order valence-corrected chi connectivity index (χ4v) is 11.6. The van der Waals surface area contributed by atoms with E-state index in [1.807, 2.05) is 0 Å².